The molecule has 1 aromatic carbocycles. The van der Waals surface area contributed by atoms with Crippen molar-refractivity contribution in [3.05, 3.63) is 35.6 Å². The van der Waals surface area contributed by atoms with E-state index in [-0.39, 0.29) is 18.2 Å². The van der Waals surface area contributed by atoms with E-state index in [1.54, 1.807) is 12.1 Å². The molecule has 102 valence electrons. The fourth-order valence-electron chi connectivity index (χ4n) is 2.45. The highest BCUT2D eigenvalue weighted by molar-refractivity contribution is 5.85. The van der Waals surface area contributed by atoms with Crippen molar-refractivity contribution in [3.8, 4) is 0 Å². The first-order valence-electron chi connectivity index (χ1n) is 6.49. The lowest BCUT2D eigenvalue weighted by Crippen LogP contribution is -2.50. The van der Waals surface area contributed by atoms with Gasteiger partial charge in [-0.25, -0.2) is 4.39 Å². The van der Waals surface area contributed by atoms with E-state index < -0.39 is 0 Å². The minimum atomic E-state index is -0.154. The number of benzene rings is 1. The van der Waals surface area contributed by atoms with Crippen LogP contribution in [0.15, 0.2) is 24.3 Å². The molecule has 1 unspecified atom stereocenters. The third-order valence-corrected chi connectivity index (χ3v) is 3.39. The Bertz CT molecular complexity index is 340. The van der Waals surface area contributed by atoms with Crippen molar-refractivity contribution in [2.24, 2.45) is 0 Å². The number of hydrogen-bond acceptors (Lipinski definition) is 2. The minimum Gasteiger partial charge on any atom is -0.314 e. The second-order valence-electron chi connectivity index (χ2n) is 4.74. The van der Waals surface area contributed by atoms with Gasteiger partial charge in [-0.3, -0.25) is 4.90 Å². The van der Waals surface area contributed by atoms with Gasteiger partial charge in [0.25, 0.3) is 0 Å². The summed E-state index contributed by atoms with van der Waals surface area (Å²) in [5.41, 5.74) is 1.20. The van der Waals surface area contributed by atoms with Crippen LogP contribution in [-0.4, -0.2) is 30.6 Å². The Kier molecular flexibility index (Phi) is 6.61. The van der Waals surface area contributed by atoms with E-state index in [0.29, 0.717) is 6.04 Å². The zero-order valence-corrected chi connectivity index (χ0v) is 11.7. The van der Waals surface area contributed by atoms with Crippen LogP contribution in [0.1, 0.15) is 25.3 Å². The first-order chi connectivity index (χ1) is 8.29. The molecule has 1 aliphatic heterocycles. The quantitative estimate of drug-likeness (QED) is 0.907. The first kappa shape index (κ1) is 15.4. The SMILES string of the molecule is CCCC1CNCCN1Cc1ccc(F)cc1.Cl. The summed E-state index contributed by atoms with van der Waals surface area (Å²) in [5, 5.41) is 3.44. The predicted octanol–water partition coefficient (Wildman–Crippen LogP) is 2.82. The third-order valence-electron chi connectivity index (χ3n) is 3.39. The van der Waals surface area contributed by atoms with Gasteiger partial charge in [-0.1, -0.05) is 25.5 Å². The summed E-state index contributed by atoms with van der Waals surface area (Å²) in [6.07, 6.45) is 2.44. The fourth-order valence-corrected chi connectivity index (χ4v) is 2.45. The van der Waals surface area contributed by atoms with Crippen molar-refractivity contribution in [1.29, 1.82) is 0 Å². The highest BCUT2D eigenvalue weighted by atomic mass is 35.5. The molecule has 1 heterocycles. The van der Waals surface area contributed by atoms with Crippen LogP contribution >= 0.6 is 12.4 Å². The maximum Gasteiger partial charge on any atom is 0.123 e. The number of nitrogens with one attached hydrogen (secondary N) is 1. The van der Waals surface area contributed by atoms with Gasteiger partial charge in [0.1, 0.15) is 5.82 Å². The second kappa shape index (κ2) is 7.72. The molecular formula is C14H22ClFN2. The standard InChI is InChI=1S/C14H21FN2.ClH/c1-2-3-14-10-16-8-9-17(14)11-12-4-6-13(15)7-5-12;/h4-7,14,16H,2-3,8-11H2,1H3;1H. The van der Waals surface area contributed by atoms with Crippen LogP contribution in [0.25, 0.3) is 0 Å². The molecule has 4 heteroatoms. The number of hydrogen-bond donors (Lipinski definition) is 1. The Balaban J connectivity index is 0.00000162. The van der Waals surface area contributed by atoms with Crippen molar-refractivity contribution < 1.29 is 4.39 Å². The highest BCUT2D eigenvalue weighted by Gasteiger charge is 2.20. The van der Waals surface area contributed by atoms with E-state index in [4.69, 9.17) is 0 Å². The second-order valence-corrected chi connectivity index (χ2v) is 4.74. The first-order valence-corrected chi connectivity index (χ1v) is 6.49. The van der Waals surface area contributed by atoms with Gasteiger partial charge in [-0.15, -0.1) is 12.4 Å². The van der Waals surface area contributed by atoms with Crippen LogP contribution in [0.5, 0.6) is 0 Å². The Morgan fingerprint density at radius 1 is 1.33 bits per heavy atom. The fraction of sp³-hybridized carbons (Fsp3) is 0.571. The average molecular weight is 273 g/mol. The molecule has 0 bridgehead atoms. The van der Waals surface area contributed by atoms with Crippen LogP contribution in [0.4, 0.5) is 4.39 Å². The summed E-state index contributed by atoms with van der Waals surface area (Å²) in [7, 11) is 0. The van der Waals surface area contributed by atoms with Crippen molar-refractivity contribution in [1.82, 2.24) is 10.2 Å². The number of piperazine rings is 1. The van der Waals surface area contributed by atoms with Crippen LogP contribution < -0.4 is 5.32 Å². The summed E-state index contributed by atoms with van der Waals surface area (Å²) in [6, 6.07) is 7.50. The van der Waals surface area contributed by atoms with Crippen LogP contribution in [0.2, 0.25) is 0 Å². The molecule has 1 aromatic rings. The maximum absolute atomic E-state index is 12.8. The number of halogens is 2. The zero-order valence-electron chi connectivity index (χ0n) is 10.9. The molecule has 0 aliphatic carbocycles. The van der Waals surface area contributed by atoms with Crippen LogP contribution in [0, 0.1) is 5.82 Å². The molecule has 0 saturated carbocycles. The molecule has 0 radical (unpaired) electrons. The summed E-state index contributed by atoms with van der Waals surface area (Å²) in [4.78, 5) is 2.51. The van der Waals surface area contributed by atoms with E-state index in [0.717, 1.165) is 26.2 Å². The largest absolute Gasteiger partial charge is 0.314 e. The van der Waals surface area contributed by atoms with E-state index in [2.05, 4.69) is 17.1 Å². The molecule has 18 heavy (non-hydrogen) atoms. The highest BCUT2D eigenvalue weighted by Crippen LogP contribution is 2.14. The van der Waals surface area contributed by atoms with E-state index in [1.165, 1.54) is 18.4 Å². The minimum absolute atomic E-state index is 0. The number of nitrogens with zero attached hydrogens (tertiary/aromatic N) is 1. The normalized spacial score (nSPS) is 20.4. The van der Waals surface area contributed by atoms with Crippen molar-refractivity contribution in [2.75, 3.05) is 19.6 Å². The Labute approximate surface area is 115 Å². The molecular weight excluding hydrogens is 251 g/mol. The maximum atomic E-state index is 12.8. The van der Waals surface area contributed by atoms with E-state index >= 15 is 0 Å². The van der Waals surface area contributed by atoms with Crippen molar-refractivity contribution >= 4 is 12.4 Å². The molecule has 1 aliphatic rings. The topological polar surface area (TPSA) is 15.3 Å². The molecule has 1 N–H and O–H groups in total. The van der Waals surface area contributed by atoms with Gasteiger partial charge in [0.15, 0.2) is 0 Å². The molecule has 2 nitrogen and oxygen atoms in total. The van der Waals surface area contributed by atoms with Gasteiger partial charge in [0, 0.05) is 32.2 Å². The monoisotopic (exact) mass is 272 g/mol. The molecule has 2 rings (SSSR count). The van der Waals surface area contributed by atoms with Gasteiger partial charge in [0.05, 0.1) is 0 Å². The van der Waals surface area contributed by atoms with Gasteiger partial charge in [0.2, 0.25) is 0 Å². The Hall–Kier alpha value is -0.640. The summed E-state index contributed by atoms with van der Waals surface area (Å²) in [6.45, 7) is 6.38. The van der Waals surface area contributed by atoms with Gasteiger partial charge >= 0.3 is 0 Å². The molecule has 0 amide bonds. The summed E-state index contributed by atoms with van der Waals surface area (Å²) < 4.78 is 12.8. The molecule has 1 atom stereocenters. The Morgan fingerprint density at radius 3 is 2.72 bits per heavy atom. The number of rotatable bonds is 4. The van der Waals surface area contributed by atoms with E-state index in [9.17, 15) is 4.39 Å². The van der Waals surface area contributed by atoms with Crippen LogP contribution in [0.3, 0.4) is 0 Å². The molecule has 0 spiro atoms. The predicted molar refractivity (Wildman–Crippen MR) is 75.6 cm³/mol. The van der Waals surface area contributed by atoms with Crippen molar-refractivity contribution in [2.45, 2.75) is 32.4 Å². The van der Waals surface area contributed by atoms with Crippen molar-refractivity contribution in [3.63, 3.8) is 0 Å². The summed E-state index contributed by atoms with van der Waals surface area (Å²) >= 11 is 0. The average Bonchev–Trinajstić information content (AvgIpc) is 2.35. The zero-order chi connectivity index (χ0) is 12.1. The van der Waals surface area contributed by atoms with Gasteiger partial charge < -0.3 is 5.32 Å². The third kappa shape index (κ3) is 4.23. The smallest absolute Gasteiger partial charge is 0.123 e. The van der Waals surface area contributed by atoms with E-state index in [1.807, 2.05) is 12.1 Å². The molecule has 0 aromatic heterocycles. The molecule has 1 fully saturated rings. The Morgan fingerprint density at radius 2 is 2.06 bits per heavy atom. The molecule has 1 saturated heterocycles. The lowest BCUT2D eigenvalue weighted by atomic mass is 10.1. The van der Waals surface area contributed by atoms with Crippen LogP contribution in [-0.2, 0) is 6.54 Å². The van der Waals surface area contributed by atoms with Gasteiger partial charge in [-0.05, 0) is 24.1 Å². The lowest BCUT2D eigenvalue weighted by Gasteiger charge is -2.36. The lowest BCUT2D eigenvalue weighted by molar-refractivity contribution is 0.144. The summed E-state index contributed by atoms with van der Waals surface area (Å²) in [5.74, 6) is -0.154. The van der Waals surface area contributed by atoms with Gasteiger partial charge in [-0.2, -0.15) is 0 Å².